The summed E-state index contributed by atoms with van der Waals surface area (Å²) in [5.41, 5.74) is 18.0. The Balaban J connectivity index is 1.80. The van der Waals surface area contributed by atoms with Crippen LogP contribution in [0.15, 0.2) is 35.5 Å². The fourth-order valence-electron chi connectivity index (χ4n) is 4.98. The minimum atomic E-state index is -1.18. The van der Waals surface area contributed by atoms with Crippen LogP contribution in [0, 0.1) is 0 Å². The van der Waals surface area contributed by atoms with Gasteiger partial charge < -0.3 is 48.6 Å². The Morgan fingerprint density at radius 2 is 1.69 bits per heavy atom. The molecule has 0 saturated carbocycles. The molecule has 3 rings (SSSR count). The molecule has 2 aromatic rings. The molecule has 4 unspecified atom stereocenters. The van der Waals surface area contributed by atoms with Gasteiger partial charge in [-0.15, -0.1) is 0 Å². The van der Waals surface area contributed by atoms with Crippen LogP contribution in [0.3, 0.4) is 0 Å². The molecule has 2 heterocycles. The Morgan fingerprint density at radius 1 is 0.976 bits per heavy atom. The number of carboxylic acid groups (broad SMARTS) is 1. The maximum absolute atomic E-state index is 13.7. The predicted octanol–water partition coefficient (Wildman–Crippen LogP) is -0.816. The van der Waals surface area contributed by atoms with E-state index in [0.717, 1.165) is 22.9 Å². The van der Waals surface area contributed by atoms with Crippen molar-refractivity contribution < 1.29 is 24.3 Å². The van der Waals surface area contributed by atoms with E-state index in [1.807, 2.05) is 24.3 Å². The van der Waals surface area contributed by atoms with Crippen LogP contribution in [0.1, 0.15) is 50.5 Å². The van der Waals surface area contributed by atoms with E-state index >= 15 is 0 Å². The standard InChI is InChI=1S/C28H43N9O5/c29-12-4-3-9-22(27(41)42)36-25(39)21(11-6-14-33-28(30)31)35-26(40)23(37-24(38)20-10-5-13-32-20)15-17-16-34-19-8-2-1-7-18(17)19/h1-2,7-8,16,20-23,32,34H,3-6,9-15,29H2,(H,35,40)(H,36,39)(H,37,38)(H,41,42)(H4,30,31,33). The van der Waals surface area contributed by atoms with Crippen molar-refractivity contribution in [1.82, 2.24) is 26.3 Å². The van der Waals surface area contributed by atoms with Crippen LogP contribution in [-0.2, 0) is 25.6 Å². The van der Waals surface area contributed by atoms with Gasteiger partial charge in [-0.1, -0.05) is 18.2 Å². The number of H-pyrrole nitrogens is 1. The number of carboxylic acids is 1. The molecular weight excluding hydrogens is 542 g/mol. The molecule has 0 aliphatic carbocycles. The third-order valence-electron chi connectivity index (χ3n) is 7.25. The molecule has 0 spiro atoms. The van der Waals surface area contributed by atoms with Crippen LogP contribution in [0.25, 0.3) is 10.9 Å². The van der Waals surface area contributed by atoms with Crippen molar-refractivity contribution in [3.05, 3.63) is 36.0 Å². The lowest BCUT2D eigenvalue weighted by Crippen LogP contribution is -2.57. The molecule has 42 heavy (non-hydrogen) atoms. The number of aromatic amines is 1. The Hall–Kier alpha value is -4.17. The number of aliphatic carboxylic acids is 1. The van der Waals surface area contributed by atoms with Crippen molar-refractivity contribution in [2.45, 2.75) is 75.5 Å². The molecule has 1 aromatic heterocycles. The summed E-state index contributed by atoms with van der Waals surface area (Å²) >= 11 is 0. The van der Waals surface area contributed by atoms with Crippen molar-refractivity contribution in [2.24, 2.45) is 22.2 Å². The molecular formula is C28H43N9O5. The van der Waals surface area contributed by atoms with E-state index < -0.39 is 42.0 Å². The molecule has 1 saturated heterocycles. The van der Waals surface area contributed by atoms with Gasteiger partial charge in [0.25, 0.3) is 0 Å². The number of aromatic nitrogens is 1. The lowest BCUT2D eigenvalue weighted by atomic mass is 10.0. The van der Waals surface area contributed by atoms with Crippen LogP contribution in [0.2, 0.25) is 0 Å². The molecule has 1 aliphatic heterocycles. The Labute approximate surface area is 244 Å². The van der Waals surface area contributed by atoms with Crippen LogP contribution >= 0.6 is 0 Å². The molecule has 14 heteroatoms. The normalized spacial score (nSPS) is 16.7. The number of unbranched alkanes of at least 4 members (excludes halogenated alkanes) is 1. The van der Waals surface area contributed by atoms with E-state index in [9.17, 15) is 24.3 Å². The number of benzene rings is 1. The van der Waals surface area contributed by atoms with Gasteiger partial charge in [-0.2, -0.15) is 0 Å². The monoisotopic (exact) mass is 585 g/mol. The summed E-state index contributed by atoms with van der Waals surface area (Å²) in [4.78, 5) is 59.0. The lowest BCUT2D eigenvalue weighted by molar-refractivity contribution is -0.142. The molecule has 14 nitrogen and oxygen atoms in total. The summed E-state index contributed by atoms with van der Waals surface area (Å²) in [6.07, 6.45) is 5.28. The van der Waals surface area contributed by atoms with Crippen molar-refractivity contribution in [3.63, 3.8) is 0 Å². The number of amides is 3. The Morgan fingerprint density at radius 3 is 2.38 bits per heavy atom. The Bertz CT molecular complexity index is 1240. The number of hydrogen-bond acceptors (Lipinski definition) is 7. The average Bonchev–Trinajstić information content (AvgIpc) is 3.64. The second kappa shape index (κ2) is 16.3. The van der Waals surface area contributed by atoms with Gasteiger partial charge in [-0.05, 0) is 69.7 Å². The van der Waals surface area contributed by atoms with Gasteiger partial charge in [0, 0.05) is 30.1 Å². The third kappa shape index (κ3) is 9.73. The predicted molar refractivity (Wildman–Crippen MR) is 159 cm³/mol. The molecule has 4 atom stereocenters. The van der Waals surface area contributed by atoms with Gasteiger partial charge in [0.2, 0.25) is 17.7 Å². The van der Waals surface area contributed by atoms with Gasteiger partial charge in [0.05, 0.1) is 6.04 Å². The summed E-state index contributed by atoms with van der Waals surface area (Å²) in [5, 5.41) is 21.9. The van der Waals surface area contributed by atoms with Crippen molar-refractivity contribution in [2.75, 3.05) is 19.6 Å². The first kappa shape index (κ1) is 32.3. The molecule has 1 fully saturated rings. The number of aliphatic imine (C=N–C) groups is 1. The highest BCUT2D eigenvalue weighted by molar-refractivity contribution is 5.95. The van der Waals surface area contributed by atoms with E-state index in [1.165, 1.54) is 0 Å². The largest absolute Gasteiger partial charge is 0.480 e. The molecule has 12 N–H and O–H groups in total. The molecule has 1 aliphatic rings. The maximum Gasteiger partial charge on any atom is 0.326 e. The van der Waals surface area contributed by atoms with Gasteiger partial charge in [-0.3, -0.25) is 19.4 Å². The number of rotatable bonds is 17. The quantitative estimate of drug-likeness (QED) is 0.0639. The van der Waals surface area contributed by atoms with E-state index in [0.29, 0.717) is 38.8 Å². The zero-order chi connectivity index (χ0) is 30.5. The fraction of sp³-hybridized carbons (Fsp3) is 0.536. The number of nitrogens with two attached hydrogens (primary N) is 3. The lowest BCUT2D eigenvalue weighted by Gasteiger charge is -2.25. The second-order valence-corrected chi connectivity index (χ2v) is 10.5. The minimum Gasteiger partial charge on any atom is -0.480 e. The molecule has 0 bridgehead atoms. The number of carbonyl (C=O) groups is 4. The second-order valence-electron chi connectivity index (χ2n) is 10.5. The van der Waals surface area contributed by atoms with Gasteiger partial charge in [0.15, 0.2) is 5.96 Å². The topological polar surface area (TPSA) is 243 Å². The highest BCUT2D eigenvalue weighted by Crippen LogP contribution is 2.19. The SMILES string of the molecule is NCCCCC(NC(=O)C(CCCN=C(N)N)NC(=O)C(Cc1c[nH]c2ccccc12)NC(=O)C1CCCN1)C(=O)O. The van der Waals surface area contributed by atoms with Gasteiger partial charge >= 0.3 is 5.97 Å². The molecule has 0 radical (unpaired) electrons. The smallest absolute Gasteiger partial charge is 0.326 e. The van der Waals surface area contributed by atoms with Crippen LogP contribution in [0.4, 0.5) is 0 Å². The van der Waals surface area contributed by atoms with E-state index in [1.54, 1.807) is 6.20 Å². The van der Waals surface area contributed by atoms with Gasteiger partial charge in [0.1, 0.15) is 18.1 Å². The molecule has 3 amide bonds. The summed E-state index contributed by atoms with van der Waals surface area (Å²) < 4.78 is 0. The number of fused-ring (bicyclic) bond motifs is 1. The highest BCUT2D eigenvalue weighted by Gasteiger charge is 2.32. The first-order valence-corrected chi connectivity index (χ1v) is 14.4. The number of para-hydroxylation sites is 1. The number of nitrogens with zero attached hydrogens (tertiary/aromatic N) is 1. The van der Waals surface area contributed by atoms with E-state index in [4.69, 9.17) is 17.2 Å². The number of nitrogens with one attached hydrogen (secondary N) is 5. The van der Waals surface area contributed by atoms with E-state index in [2.05, 4.69) is 31.2 Å². The van der Waals surface area contributed by atoms with Crippen LogP contribution in [0.5, 0.6) is 0 Å². The summed E-state index contributed by atoms with van der Waals surface area (Å²) in [7, 11) is 0. The number of carbonyl (C=O) groups excluding carboxylic acids is 3. The first-order valence-electron chi connectivity index (χ1n) is 14.4. The molecule has 230 valence electrons. The van der Waals surface area contributed by atoms with Crippen LogP contribution < -0.4 is 38.5 Å². The Kier molecular flexibility index (Phi) is 12.6. The summed E-state index contributed by atoms with van der Waals surface area (Å²) in [6.45, 7) is 1.33. The number of hydrogen-bond donors (Lipinski definition) is 9. The van der Waals surface area contributed by atoms with Crippen LogP contribution in [-0.4, -0.2) is 83.5 Å². The summed E-state index contributed by atoms with van der Waals surface area (Å²) in [5.74, 6) is -2.80. The first-order chi connectivity index (χ1) is 20.2. The third-order valence-corrected chi connectivity index (χ3v) is 7.25. The van der Waals surface area contributed by atoms with Crippen molar-refractivity contribution in [3.8, 4) is 0 Å². The average molecular weight is 586 g/mol. The maximum atomic E-state index is 13.7. The summed E-state index contributed by atoms with van der Waals surface area (Å²) in [6, 6.07) is 3.99. The fourth-order valence-corrected chi connectivity index (χ4v) is 4.98. The van der Waals surface area contributed by atoms with E-state index in [-0.39, 0.29) is 37.7 Å². The zero-order valence-corrected chi connectivity index (χ0v) is 23.7. The number of guanidine groups is 1. The van der Waals surface area contributed by atoms with Crippen molar-refractivity contribution in [1.29, 1.82) is 0 Å². The molecule has 1 aromatic carbocycles. The van der Waals surface area contributed by atoms with Crippen molar-refractivity contribution >= 4 is 40.6 Å². The van der Waals surface area contributed by atoms with Gasteiger partial charge in [-0.25, -0.2) is 4.79 Å². The zero-order valence-electron chi connectivity index (χ0n) is 23.7. The minimum absolute atomic E-state index is 0.104. The highest BCUT2D eigenvalue weighted by atomic mass is 16.4.